The monoisotopic (exact) mass is 1070 g/mol. The van der Waals surface area contributed by atoms with Crippen LogP contribution in [0.2, 0.25) is 0 Å². The molecule has 0 saturated carbocycles. The molecule has 0 aromatic rings. The number of carbonyl (C=O) groups excluding carboxylic acids is 1. The van der Waals surface area contributed by atoms with Gasteiger partial charge in [0.25, 0.3) is 7.82 Å². The summed E-state index contributed by atoms with van der Waals surface area (Å²) in [5.74, 6) is -0.321. The number of quaternary nitrogens is 1. The predicted octanol–water partition coefficient (Wildman–Crippen LogP) is 20.8. The Kier molecular flexibility index (Phi) is 58.2. The lowest BCUT2D eigenvalue weighted by atomic mass is 10.0. The largest absolute Gasteiger partial charge is 0.756 e. The van der Waals surface area contributed by atoms with E-state index in [2.05, 4.69) is 13.8 Å². The van der Waals surface area contributed by atoms with Crippen LogP contribution in [-0.4, -0.2) is 70.7 Å². The molecule has 0 radical (unpaired) electrons. The van der Waals surface area contributed by atoms with Gasteiger partial charge in [0, 0.05) is 13.0 Å². The van der Waals surface area contributed by atoms with Crippen molar-refractivity contribution in [1.29, 1.82) is 0 Å². The third kappa shape index (κ3) is 62.3. The maximum atomic E-state index is 12.8. The molecule has 0 aliphatic rings. The summed E-state index contributed by atoms with van der Waals surface area (Å²) in [4.78, 5) is 25.3. The highest BCUT2D eigenvalue weighted by molar-refractivity contribution is 7.45. The lowest BCUT2D eigenvalue weighted by molar-refractivity contribution is -0.870. The van der Waals surface area contributed by atoms with E-state index in [1.807, 2.05) is 21.1 Å². The zero-order chi connectivity index (χ0) is 54.0. The van der Waals surface area contributed by atoms with Crippen molar-refractivity contribution in [3.05, 3.63) is 0 Å². The molecule has 0 spiro atoms. The van der Waals surface area contributed by atoms with Gasteiger partial charge in [-0.3, -0.25) is 9.36 Å². The highest BCUT2D eigenvalue weighted by atomic mass is 31.2. The summed E-state index contributed by atoms with van der Waals surface area (Å²) in [6, 6.07) is 0. The zero-order valence-electron chi connectivity index (χ0n) is 50.8. The molecule has 2 atom stereocenters. The minimum Gasteiger partial charge on any atom is -0.756 e. The summed E-state index contributed by atoms with van der Waals surface area (Å²) < 4.78 is 35.0. The number of phosphoric acid groups is 1. The molecule has 0 fully saturated rings. The van der Waals surface area contributed by atoms with Gasteiger partial charge < -0.3 is 27.9 Å². The van der Waals surface area contributed by atoms with E-state index in [1.54, 1.807) is 0 Å². The van der Waals surface area contributed by atoms with Gasteiger partial charge >= 0.3 is 5.97 Å². The minimum absolute atomic E-state index is 0.0321. The summed E-state index contributed by atoms with van der Waals surface area (Å²) in [6.45, 7) is 5.52. The molecule has 0 rings (SSSR count). The van der Waals surface area contributed by atoms with Crippen LogP contribution < -0.4 is 4.89 Å². The first kappa shape index (κ1) is 73.5. The highest BCUT2D eigenvalue weighted by Gasteiger charge is 2.20. The molecule has 0 aliphatic heterocycles. The molecule has 0 bridgehead atoms. The summed E-state index contributed by atoms with van der Waals surface area (Å²) in [6.07, 6.45) is 70.4. The molecule has 1 unspecified atom stereocenters. The first-order valence-electron chi connectivity index (χ1n) is 33.3. The number of phosphoric ester groups is 1. The van der Waals surface area contributed by atoms with Crippen LogP contribution in [0.5, 0.6) is 0 Å². The van der Waals surface area contributed by atoms with Gasteiger partial charge in [0.1, 0.15) is 19.3 Å². The van der Waals surface area contributed by atoms with E-state index in [4.69, 9.17) is 18.5 Å². The molecule has 0 aliphatic carbocycles. The van der Waals surface area contributed by atoms with Gasteiger partial charge in [0.05, 0.1) is 34.4 Å². The maximum Gasteiger partial charge on any atom is 0.306 e. The van der Waals surface area contributed by atoms with E-state index in [1.165, 1.54) is 302 Å². The number of ether oxygens (including phenoxy) is 2. The summed E-state index contributed by atoms with van der Waals surface area (Å²) in [5, 5.41) is 0. The summed E-state index contributed by atoms with van der Waals surface area (Å²) in [7, 11) is 1.39. The van der Waals surface area contributed by atoms with Crippen LogP contribution in [-0.2, 0) is 27.9 Å². The molecule has 8 nitrogen and oxygen atoms in total. The molecular weight excluding hydrogens is 938 g/mol. The topological polar surface area (TPSA) is 94.1 Å². The van der Waals surface area contributed by atoms with Gasteiger partial charge in [-0.1, -0.05) is 335 Å². The second-order valence-electron chi connectivity index (χ2n) is 24.2. The molecule has 0 aromatic carbocycles. The molecule has 0 saturated heterocycles. The van der Waals surface area contributed by atoms with Crippen molar-refractivity contribution in [3.63, 3.8) is 0 Å². The Hall–Kier alpha value is -0.500. The Morgan fingerprint density at radius 3 is 0.892 bits per heavy atom. The lowest BCUT2D eigenvalue weighted by Crippen LogP contribution is -2.37. The van der Waals surface area contributed by atoms with Crippen molar-refractivity contribution in [1.82, 2.24) is 0 Å². The van der Waals surface area contributed by atoms with E-state index in [9.17, 15) is 14.3 Å². The van der Waals surface area contributed by atoms with Gasteiger partial charge in [0.15, 0.2) is 0 Å². The van der Waals surface area contributed by atoms with E-state index in [-0.39, 0.29) is 25.8 Å². The third-order valence-electron chi connectivity index (χ3n) is 15.4. The average Bonchev–Trinajstić information content (AvgIpc) is 3.37. The Labute approximate surface area is 463 Å². The third-order valence-corrected chi connectivity index (χ3v) is 16.4. The van der Waals surface area contributed by atoms with Gasteiger partial charge in [0.2, 0.25) is 0 Å². The molecule has 0 heterocycles. The lowest BCUT2D eigenvalue weighted by Gasteiger charge is -2.28. The van der Waals surface area contributed by atoms with Crippen LogP contribution in [0, 0.1) is 0 Å². The Morgan fingerprint density at radius 2 is 0.622 bits per heavy atom. The average molecular weight is 1070 g/mol. The number of rotatable bonds is 64. The van der Waals surface area contributed by atoms with Crippen molar-refractivity contribution < 1.29 is 37.3 Å². The molecule has 0 N–H and O–H groups in total. The molecule has 444 valence electrons. The maximum absolute atomic E-state index is 12.8. The first-order chi connectivity index (χ1) is 36.1. The molecule has 74 heavy (non-hydrogen) atoms. The van der Waals surface area contributed by atoms with Crippen LogP contribution in [0.25, 0.3) is 0 Å². The van der Waals surface area contributed by atoms with Crippen molar-refractivity contribution in [2.45, 2.75) is 360 Å². The molecule has 0 amide bonds. The first-order valence-corrected chi connectivity index (χ1v) is 34.7. The van der Waals surface area contributed by atoms with E-state index < -0.39 is 13.9 Å². The van der Waals surface area contributed by atoms with Gasteiger partial charge in [-0.15, -0.1) is 0 Å². The minimum atomic E-state index is -4.53. The predicted molar refractivity (Wildman–Crippen MR) is 319 cm³/mol. The van der Waals surface area contributed by atoms with Crippen LogP contribution in [0.4, 0.5) is 0 Å². The normalized spacial score (nSPS) is 13.2. The fourth-order valence-electron chi connectivity index (χ4n) is 10.3. The van der Waals surface area contributed by atoms with Gasteiger partial charge in [-0.05, 0) is 12.8 Å². The Bertz CT molecular complexity index is 1150. The van der Waals surface area contributed by atoms with E-state index in [0.717, 1.165) is 32.1 Å². The molecule has 9 heteroatoms. The number of esters is 1. The van der Waals surface area contributed by atoms with Crippen molar-refractivity contribution >= 4 is 13.8 Å². The van der Waals surface area contributed by atoms with E-state index in [0.29, 0.717) is 24.1 Å². The van der Waals surface area contributed by atoms with Crippen molar-refractivity contribution in [2.75, 3.05) is 54.1 Å². The summed E-state index contributed by atoms with van der Waals surface area (Å²) in [5.41, 5.74) is 0. The fourth-order valence-corrected chi connectivity index (χ4v) is 11.0. The fraction of sp³-hybridized carbons (Fsp3) is 0.985. The second-order valence-corrected chi connectivity index (χ2v) is 25.6. The Morgan fingerprint density at radius 1 is 0.365 bits per heavy atom. The van der Waals surface area contributed by atoms with Crippen LogP contribution in [0.1, 0.15) is 354 Å². The SMILES string of the molecule is CCCCCCCCCCCCCCCCCCCCCCCCCCCCCCCCCCC(=O)O[C@H](COCCCCCCCCCCCCCCCCCCCCCC)COP(=O)([O-])OCC[N+](C)(C)C. The van der Waals surface area contributed by atoms with Crippen molar-refractivity contribution in [3.8, 4) is 0 Å². The number of carbonyl (C=O) groups is 1. The molecule has 0 aromatic heterocycles. The smallest absolute Gasteiger partial charge is 0.306 e. The number of nitrogens with zero attached hydrogens (tertiary/aromatic N) is 1. The van der Waals surface area contributed by atoms with Crippen LogP contribution in [0.15, 0.2) is 0 Å². The van der Waals surface area contributed by atoms with Crippen LogP contribution in [0.3, 0.4) is 0 Å². The zero-order valence-corrected chi connectivity index (χ0v) is 51.7. The second kappa shape index (κ2) is 58.6. The van der Waals surface area contributed by atoms with Crippen molar-refractivity contribution in [2.24, 2.45) is 0 Å². The number of unbranched alkanes of at least 4 members (excludes halogenated alkanes) is 50. The number of hydrogen-bond acceptors (Lipinski definition) is 7. The van der Waals surface area contributed by atoms with Crippen LogP contribution >= 0.6 is 7.82 Å². The molecular formula is C65H132NO7P. The number of likely N-dealkylation sites (N-methyl/N-ethyl adjacent to an activating group) is 1. The Balaban J connectivity index is 3.88. The standard InChI is InChI=1S/C65H132NO7P/c1-6-8-10-12-14-16-18-20-22-24-26-28-29-30-31-32-33-34-35-36-37-38-39-40-42-44-46-48-50-52-54-56-58-65(67)73-64(63-72-74(68,69)71-61-59-66(3,4)5)62-70-60-57-55-53-51-49-47-45-43-41-27-25-23-21-19-17-15-13-11-9-7-2/h64H,6-63H2,1-5H3/t64-/m1/s1. The number of hydrogen-bond donors (Lipinski definition) is 0. The van der Waals surface area contributed by atoms with E-state index >= 15 is 0 Å². The van der Waals surface area contributed by atoms with Gasteiger partial charge in [-0.25, -0.2) is 0 Å². The van der Waals surface area contributed by atoms with Gasteiger partial charge in [-0.2, -0.15) is 0 Å². The quantitative estimate of drug-likeness (QED) is 0.0259. The highest BCUT2D eigenvalue weighted by Crippen LogP contribution is 2.38. The summed E-state index contributed by atoms with van der Waals surface area (Å²) >= 11 is 0.